The molecule has 1 aromatic carbocycles. The van der Waals surface area contributed by atoms with Gasteiger partial charge in [-0.25, -0.2) is 0 Å². The van der Waals surface area contributed by atoms with E-state index in [4.69, 9.17) is 0 Å². The second kappa shape index (κ2) is 6.86. The number of aromatic nitrogens is 2. The van der Waals surface area contributed by atoms with E-state index in [0.717, 1.165) is 12.1 Å². The van der Waals surface area contributed by atoms with Crippen LogP contribution in [0.5, 0.6) is 0 Å². The van der Waals surface area contributed by atoms with E-state index in [1.807, 2.05) is 38.1 Å². The SMILES string of the molecule is CC(C)c1cc(C(=O)N2CC[C@@H](NC(=O)c3ccccc3)C2)[nH]n1. The number of nitrogens with zero attached hydrogens (tertiary/aromatic N) is 2. The van der Waals surface area contributed by atoms with Crippen LogP contribution in [0, 0.1) is 0 Å². The number of benzene rings is 1. The zero-order valence-electron chi connectivity index (χ0n) is 14.0. The van der Waals surface area contributed by atoms with Gasteiger partial charge in [0.1, 0.15) is 5.69 Å². The molecule has 126 valence electrons. The Morgan fingerprint density at radius 1 is 1.29 bits per heavy atom. The van der Waals surface area contributed by atoms with Gasteiger partial charge in [0, 0.05) is 24.7 Å². The Morgan fingerprint density at radius 2 is 2.04 bits per heavy atom. The number of hydrogen-bond donors (Lipinski definition) is 2. The van der Waals surface area contributed by atoms with Crippen molar-refractivity contribution in [3.63, 3.8) is 0 Å². The fourth-order valence-electron chi connectivity index (χ4n) is 2.83. The Kier molecular flexibility index (Phi) is 4.64. The van der Waals surface area contributed by atoms with Crippen molar-refractivity contribution in [1.29, 1.82) is 0 Å². The first-order valence-corrected chi connectivity index (χ1v) is 8.25. The van der Waals surface area contributed by atoms with Gasteiger partial charge in [-0.2, -0.15) is 5.10 Å². The molecule has 6 heteroatoms. The number of amides is 2. The van der Waals surface area contributed by atoms with Gasteiger partial charge in [-0.1, -0.05) is 32.0 Å². The average Bonchev–Trinajstić information content (AvgIpc) is 3.24. The van der Waals surface area contributed by atoms with Crippen LogP contribution in [0.2, 0.25) is 0 Å². The molecule has 0 unspecified atom stereocenters. The first-order valence-electron chi connectivity index (χ1n) is 8.25. The fraction of sp³-hybridized carbons (Fsp3) is 0.389. The smallest absolute Gasteiger partial charge is 0.271 e. The Balaban J connectivity index is 1.58. The number of carbonyl (C=O) groups is 2. The molecule has 3 rings (SSSR count). The molecular weight excluding hydrogens is 304 g/mol. The molecule has 2 heterocycles. The lowest BCUT2D eigenvalue weighted by atomic mass is 10.1. The van der Waals surface area contributed by atoms with Crippen LogP contribution in [0.1, 0.15) is 52.7 Å². The third kappa shape index (κ3) is 3.48. The molecule has 1 atom stereocenters. The summed E-state index contributed by atoms with van der Waals surface area (Å²) in [5.41, 5.74) is 2.03. The lowest BCUT2D eigenvalue weighted by molar-refractivity contribution is 0.0777. The maximum absolute atomic E-state index is 12.5. The van der Waals surface area contributed by atoms with Crippen molar-refractivity contribution in [3.8, 4) is 0 Å². The largest absolute Gasteiger partial charge is 0.347 e. The van der Waals surface area contributed by atoms with Gasteiger partial charge < -0.3 is 10.2 Å². The number of aromatic amines is 1. The summed E-state index contributed by atoms with van der Waals surface area (Å²) in [4.78, 5) is 26.5. The highest BCUT2D eigenvalue weighted by Gasteiger charge is 2.29. The van der Waals surface area contributed by atoms with Crippen molar-refractivity contribution < 1.29 is 9.59 Å². The molecule has 0 saturated carbocycles. The van der Waals surface area contributed by atoms with Crippen LogP contribution in [-0.2, 0) is 0 Å². The minimum Gasteiger partial charge on any atom is -0.347 e. The lowest BCUT2D eigenvalue weighted by Crippen LogP contribution is -2.38. The number of likely N-dealkylation sites (tertiary alicyclic amines) is 1. The maximum Gasteiger partial charge on any atom is 0.271 e. The number of hydrogen-bond acceptors (Lipinski definition) is 3. The highest BCUT2D eigenvalue weighted by molar-refractivity contribution is 5.95. The molecule has 1 aliphatic heterocycles. The Bertz CT molecular complexity index is 724. The monoisotopic (exact) mass is 326 g/mol. The average molecular weight is 326 g/mol. The van der Waals surface area contributed by atoms with Crippen molar-refractivity contribution in [1.82, 2.24) is 20.4 Å². The third-order valence-electron chi connectivity index (χ3n) is 4.27. The van der Waals surface area contributed by atoms with E-state index in [0.29, 0.717) is 24.3 Å². The topological polar surface area (TPSA) is 78.1 Å². The van der Waals surface area contributed by atoms with E-state index >= 15 is 0 Å². The molecule has 1 saturated heterocycles. The van der Waals surface area contributed by atoms with E-state index in [-0.39, 0.29) is 23.8 Å². The van der Waals surface area contributed by atoms with Gasteiger partial charge in [0.2, 0.25) is 0 Å². The van der Waals surface area contributed by atoms with E-state index in [2.05, 4.69) is 15.5 Å². The summed E-state index contributed by atoms with van der Waals surface area (Å²) in [6, 6.07) is 10.9. The van der Waals surface area contributed by atoms with Crippen molar-refractivity contribution in [2.45, 2.75) is 32.2 Å². The number of rotatable bonds is 4. The van der Waals surface area contributed by atoms with Gasteiger partial charge >= 0.3 is 0 Å². The highest BCUT2D eigenvalue weighted by Crippen LogP contribution is 2.16. The number of carbonyl (C=O) groups excluding carboxylic acids is 2. The molecule has 1 aromatic heterocycles. The van der Waals surface area contributed by atoms with Crippen LogP contribution in [0.15, 0.2) is 36.4 Å². The van der Waals surface area contributed by atoms with E-state index in [9.17, 15) is 9.59 Å². The molecular formula is C18H22N4O2. The molecule has 0 spiro atoms. The first-order chi connectivity index (χ1) is 11.5. The van der Waals surface area contributed by atoms with E-state index < -0.39 is 0 Å². The van der Waals surface area contributed by atoms with Crippen LogP contribution >= 0.6 is 0 Å². The standard InChI is InChI=1S/C18H22N4O2/c1-12(2)15-10-16(21-20-15)18(24)22-9-8-14(11-22)19-17(23)13-6-4-3-5-7-13/h3-7,10,12,14H,8-9,11H2,1-2H3,(H,19,23)(H,20,21)/t14-/m1/s1. The summed E-state index contributed by atoms with van der Waals surface area (Å²) in [5, 5.41) is 9.99. The minimum absolute atomic E-state index is 0.0193. The van der Waals surface area contributed by atoms with Crippen LogP contribution < -0.4 is 5.32 Å². The Labute approximate surface area is 141 Å². The maximum atomic E-state index is 12.5. The van der Waals surface area contributed by atoms with Gasteiger partial charge in [0.15, 0.2) is 0 Å². The van der Waals surface area contributed by atoms with Gasteiger partial charge in [0.05, 0.1) is 5.69 Å². The summed E-state index contributed by atoms with van der Waals surface area (Å²) in [6.45, 7) is 5.23. The minimum atomic E-state index is -0.0986. The zero-order chi connectivity index (χ0) is 17.1. The Hall–Kier alpha value is -2.63. The van der Waals surface area contributed by atoms with Crippen LogP contribution in [0.3, 0.4) is 0 Å². The molecule has 1 fully saturated rings. The Morgan fingerprint density at radius 3 is 2.71 bits per heavy atom. The zero-order valence-corrected chi connectivity index (χ0v) is 14.0. The second-order valence-corrected chi connectivity index (χ2v) is 6.44. The summed E-state index contributed by atoms with van der Waals surface area (Å²) in [6.07, 6.45) is 0.759. The number of nitrogens with one attached hydrogen (secondary N) is 2. The van der Waals surface area contributed by atoms with Crippen LogP contribution in [0.4, 0.5) is 0 Å². The van der Waals surface area contributed by atoms with Gasteiger partial charge in [-0.05, 0) is 30.5 Å². The summed E-state index contributed by atoms with van der Waals surface area (Å²) < 4.78 is 0. The van der Waals surface area contributed by atoms with E-state index in [1.165, 1.54) is 0 Å². The molecule has 0 radical (unpaired) electrons. The quantitative estimate of drug-likeness (QED) is 0.904. The van der Waals surface area contributed by atoms with Crippen LogP contribution in [-0.4, -0.2) is 46.0 Å². The van der Waals surface area contributed by atoms with E-state index in [1.54, 1.807) is 17.0 Å². The van der Waals surface area contributed by atoms with Crippen molar-refractivity contribution in [2.24, 2.45) is 0 Å². The molecule has 1 aliphatic rings. The molecule has 6 nitrogen and oxygen atoms in total. The van der Waals surface area contributed by atoms with Crippen molar-refractivity contribution in [3.05, 3.63) is 53.3 Å². The summed E-state index contributed by atoms with van der Waals surface area (Å²) >= 11 is 0. The molecule has 0 bridgehead atoms. The highest BCUT2D eigenvalue weighted by atomic mass is 16.2. The van der Waals surface area contributed by atoms with Gasteiger partial charge in [0.25, 0.3) is 11.8 Å². The molecule has 2 aromatic rings. The molecule has 2 amide bonds. The first kappa shape index (κ1) is 16.2. The molecule has 2 N–H and O–H groups in total. The van der Waals surface area contributed by atoms with Gasteiger partial charge in [-0.15, -0.1) is 0 Å². The predicted molar refractivity (Wildman–Crippen MR) is 90.9 cm³/mol. The number of H-pyrrole nitrogens is 1. The fourth-order valence-corrected chi connectivity index (χ4v) is 2.83. The third-order valence-corrected chi connectivity index (χ3v) is 4.27. The second-order valence-electron chi connectivity index (χ2n) is 6.44. The molecule has 24 heavy (non-hydrogen) atoms. The van der Waals surface area contributed by atoms with Crippen LogP contribution in [0.25, 0.3) is 0 Å². The van der Waals surface area contributed by atoms with Crippen molar-refractivity contribution >= 4 is 11.8 Å². The van der Waals surface area contributed by atoms with Gasteiger partial charge in [-0.3, -0.25) is 14.7 Å². The normalized spacial score (nSPS) is 17.3. The summed E-state index contributed by atoms with van der Waals surface area (Å²) in [5.74, 6) is 0.115. The molecule has 0 aliphatic carbocycles. The lowest BCUT2D eigenvalue weighted by Gasteiger charge is -2.16. The summed E-state index contributed by atoms with van der Waals surface area (Å²) in [7, 11) is 0. The van der Waals surface area contributed by atoms with Crippen molar-refractivity contribution in [2.75, 3.05) is 13.1 Å². The predicted octanol–water partition coefficient (Wildman–Crippen LogP) is 2.18.